The Morgan fingerprint density at radius 1 is 1.04 bits per heavy atom. The summed E-state index contributed by atoms with van der Waals surface area (Å²) in [6.07, 6.45) is 1.74. The minimum Gasteiger partial charge on any atom is -0.322 e. The predicted molar refractivity (Wildman–Crippen MR) is 98.7 cm³/mol. The summed E-state index contributed by atoms with van der Waals surface area (Å²) < 4.78 is 13.1. The topological polar surface area (TPSA) is 29.1 Å². The number of nitrogens with one attached hydrogen (secondary N) is 1. The summed E-state index contributed by atoms with van der Waals surface area (Å²) in [4.78, 5) is 12.7. The Labute approximate surface area is 148 Å². The highest BCUT2D eigenvalue weighted by atomic mass is 35.5. The van der Waals surface area contributed by atoms with Gasteiger partial charge in [0.1, 0.15) is 5.82 Å². The zero-order valence-corrected chi connectivity index (χ0v) is 14.1. The third kappa shape index (κ3) is 4.10. The second-order valence-electron chi connectivity index (χ2n) is 5.08. The van der Waals surface area contributed by atoms with E-state index in [0.717, 1.165) is 11.1 Å². The van der Waals surface area contributed by atoms with Crippen LogP contribution in [0.1, 0.15) is 11.1 Å². The summed E-state index contributed by atoms with van der Waals surface area (Å²) >= 11 is 7.37. The van der Waals surface area contributed by atoms with Crippen LogP contribution in [0.15, 0.2) is 65.4 Å². The van der Waals surface area contributed by atoms with E-state index in [-0.39, 0.29) is 11.7 Å². The number of anilines is 1. The van der Waals surface area contributed by atoms with Crippen LogP contribution >= 0.6 is 22.9 Å². The summed E-state index contributed by atoms with van der Waals surface area (Å²) in [7, 11) is 0. The molecule has 0 aliphatic carbocycles. The number of thiophene rings is 1. The maximum Gasteiger partial charge on any atom is 0.256 e. The van der Waals surface area contributed by atoms with Gasteiger partial charge >= 0.3 is 0 Å². The molecule has 120 valence electrons. The van der Waals surface area contributed by atoms with Crippen molar-refractivity contribution >= 4 is 46.2 Å². The van der Waals surface area contributed by atoms with Gasteiger partial charge < -0.3 is 5.32 Å². The van der Waals surface area contributed by atoms with Crippen LogP contribution in [0.2, 0.25) is 5.02 Å². The van der Waals surface area contributed by atoms with E-state index in [0.29, 0.717) is 16.3 Å². The molecule has 1 aromatic heterocycles. The van der Waals surface area contributed by atoms with E-state index in [4.69, 9.17) is 11.6 Å². The SMILES string of the molecule is O=C(Nc1ccc(Cl)cc1)/C(=C\c1ccc(F)cc1)c1ccsc1. The van der Waals surface area contributed by atoms with Crippen LogP contribution in [0.4, 0.5) is 10.1 Å². The van der Waals surface area contributed by atoms with Gasteiger partial charge in [0.2, 0.25) is 0 Å². The van der Waals surface area contributed by atoms with E-state index in [9.17, 15) is 9.18 Å². The fraction of sp³-hybridized carbons (Fsp3) is 0. The highest BCUT2D eigenvalue weighted by Crippen LogP contribution is 2.23. The maximum atomic E-state index is 13.1. The number of rotatable bonds is 4. The monoisotopic (exact) mass is 357 g/mol. The van der Waals surface area contributed by atoms with Gasteiger partial charge in [0, 0.05) is 16.3 Å². The molecule has 0 aliphatic heterocycles. The maximum absolute atomic E-state index is 13.1. The van der Waals surface area contributed by atoms with Crippen LogP contribution in [0.3, 0.4) is 0 Å². The molecule has 0 bridgehead atoms. The molecule has 0 unspecified atom stereocenters. The molecule has 0 fully saturated rings. The molecule has 0 radical (unpaired) electrons. The summed E-state index contributed by atoms with van der Waals surface area (Å²) in [5, 5.41) is 7.26. The first-order chi connectivity index (χ1) is 11.6. The van der Waals surface area contributed by atoms with Gasteiger partial charge in [-0.05, 0) is 70.4 Å². The molecule has 1 amide bonds. The molecule has 0 saturated carbocycles. The second kappa shape index (κ2) is 7.43. The lowest BCUT2D eigenvalue weighted by Gasteiger charge is -2.08. The molecule has 3 rings (SSSR count). The minimum atomic E-state index is -0.310. The summed E-state index contributed by atoms with van der Waals surface area (Å²) in [6, 6.07) is 14.8. The summed E-state index contributed by atoms with van der Waals surface area (Å²) in [5.41, 5.74) is 2.74. The largest absolute Gasteiger partial charge is 0.322 e. The number of carbonyl (C=O) groups is 1. The van der Waals surface area contributed by atoms with Gasteiger partial charge in [0.15, 0.2) is 0 Å². The van der Waals surface area contributed by atoms with Crippen LogP contribution < -0.4 is 5.32 Å². The lowest BCUT2D eigenvalue weighted by Crippen LogP contribution is -2.13. The van der Waals surface area contributed by atoms with E-state index in [1.165, 1.54) is 23.5 Å². The van der Waals surface area contributed by atoms with Crippen molar-refractivity contribution in [1.29, 1.82) is 0 Å². The Hall–Kier alpha value is -2.43. The second-order valence-corrected chi connectivity index (χ2v) is 6.30. The minimum absolute atomic E-state index is 0.236. The number of hydrogen-bond donors (Lipinski definition) is 1. The van der Waals surface area contributed by atoms with Gasteiger partial charge in [0.25, 0.3) is 5.91 Å². The third-order valence-corrected chi connectivity index (χ3v) is 4.30. The van der Waals surface area contributed by atoms with Gasteiger partial charge in [-0.3, -0.25) is 4.79 Å². The third-order valence-electron chi connectivity index (χ3n) is 3.36. The zero-order valence-electron chi connectivity index (χ0n) is 12.5. The predicted octanol–water partition coefficient (Wildman–Crippen LogP) is 5.72. The first-order valence-corrected chi connectivity index (χ1v) is 8.51. The molecule has 0 atom stereocenters. The van der Waals surface area contributed by atoms with Gasteiger partial charge in [-0.25, -0.2) is 4.39 Å². The van der Waals surface area contributed by atoms with E-state index in [1.54, 1.807) is 42.5 Å². The molecule has 0 saturated heterocycles. The lowest BCUT2D eigenvalue weighted by atomic mass is 10.0. The standard InChI is InChI=1S/C19H13ClFNOS/c20-15-3-7-17(8-4-15)22-19(23)18(14-9-10-24-12-14)11-13-1-5-16(21)6-2-13/h1-12H,(H,22,23)/b18-11-. The molecule has 2 nitrogen and oxygen atoms in total. The first-order valence-electron chi connectivity index (χ1n) is 7.18. The molecule has 0 aliphatic rings. The van der Waals surface area contributed by atoms with Crippen molar-refractivity contribution in [3.63, 3.8) is 0 Å². The van der Waals surface area contributed by atoms with Gasteiger partial charge in [-0.1, -0.05) is 23.7 Å². The van der Waals surface area contributed by atoms with Crippen molar-refractivity contribution in [3.05, 3.63) is 87.3 Å². The smallest absolute Gasteiger partial charge is 0.256 e. The van der Waals surface area contributed by atoms with Crippen molar-refractivity contribution in [2.75, 3.05) is 5.32 Å². The molecule has 24 heavy (non-hydrogen) atoms. The Bertz CT molecular complexity index is 855. The number of carbonyl (C=O) groups excluding carboxylic acids is 1. The Morgan fingerprint density at radius 2 is 1.75 bits per heavy atom. The van der Waals surface area contributed by atoms with Crippen LogP contribution in [-0.4, -0.2) is 5.91 Å². The van der Waals surface area contributed by atoms with E-state index in [2.05, 4.69) is 5.32 Å². The Morgan fingerprint density at radius 3 is 2.38 bits per heavy atom. The summed E-state index contributed by atoms with van der Waals surface area (Å²) in [6.45, 7) is 0. The summed E-state index contributed by atoms with van der Waals surface area (Å²) in [5.74, 6) is -0.546. The average molecular weight is 358 g/mol. The van der Waals surface area contributed by atoms with Gasteiger partial charge in [-0.15, -0.1) is 0 Å². The molecular weight excluding hydrogens is 345 g/mol. The van der Waals surface area contributed by atoms with Crippen LogP contribution in [0.25, 0.3) is 11.6 Å². The molecular formula is C19H13ClFNOS. The molecule has 1 heterocycles. The van der Waals surface area contributed by atoms with Gasteiger partial charge in [0.05, 0.1) is 0 Å². The Kier molecular flexibility index (Phi) is 5.08. The van der Waals surface area contributed by atoms with Crippen LogP contribution in [0.5, 0.6) is 0 Å². The van der Waals surface area contributed by atoms with Crippen LogP contribution in [0, 0.1) is 5.82 Å². The molecule has 3 aromatic rings. The fourth-order valence-electron chi connectivity index (χ4n) is 2.16. The number of amides is 1. The molecule has 5 heteroatoms. The van der Waals surface area contributed by atoms with Crippen molar-refractivity contribution in [2.24, 2.45) is 0 Å². The number of benzene rings is 2. The van der Waals surface area contributed by atoms with Crippen molar-refractivity contribution in [2.45, 2.75) is 0 Å². The van der Waals surface area contributed by atoms with E-state index >= 15 is 0 Å². The Balaban J connectivity index is 1.91. The van der Waals surface area contributed by atoms with Crippen molar-refractivity contribution in [1.82, 2.24) is 0 Å². The normalized spacial score (nSPS) is 11.3. The first kappa shape index (κ1) is 16.4. The number of hydrogen-bond acceptors (Lipinski definition) is 2. The van der Waals surface area contributed by atoms with E-state index in [1.807, 2.05) is 16.8 Å². The van der Waals surface area contributed by atoms with Crippen molar-refractivity contribution in [3.8, 4) is 0 Å². The average Bonchev–Trinajstić information content (AvgIpc) is 3.10. The molecule has 1 N–H and O–H groups in total. The van der Waals surface area contributed by atoms with Gasteiger partial charge in [-0.2, -0.15) is 11.3 Å². The highest BCUT2D eigenvalue weighted by molar-refractivity contribution is 7.08. The quantitative estimate of drug-likeness (QED) is 0.594. The van der Waals surface area contributed by atoms with Crippen LogP contribution in [-0.2, 0) is 4.79 Å². The number of halogens is 2. The highest BCUT2D eigenvalue weighted by Gasteiger charge is 2.13. The molecule has 2 aromatic carbocycles. The zero-order chi connectivity index (χ0) is 16.9. The van der Waals surface area contributed by atoms with Crippen molar-refractivity contribution < 1.29 is 9.18 Å². The molecule has 0 spiro atoms. The fourth-order valence-corrected chi connectivity index (χ4v) is 2.94. The van der Waals surface area contributed by atoms with E-state index < -0.39 is 0 Å². The lowest BCUT2D eigenvalue weighted by molar-refractivity contribution is -0.111.